The van der Waals surface area contributed by atoms with E-state index in [0.717, 1.165) is 0 Å². The van der Waals surface area contributed by atoms with Crippen LogP contribution < -0.4 is 15.2 Å². The third-order valence-corrected chi connectivity index (χ3v) is 4.20. The van der Waals surface area contributed by atoms with Gasteiger partial charge in [0.2, 0.25) is 5.71 Å². The first-order valence-electron chi connectivity index (χ1n) is 9.00. The lowest BCUT2D eigenvalue weighted by atomic mass is 10.2. The van der Waals surface area contributed by atoms with Crippen molar-refractivity contribution in [2.45, 2.75) is 20.5 Å². The first-order chi connectivity index (χ1) is 14.4. The molecule has 0 amide bonds. The Morgan fingerprint density at radius 3 is 2.30 bits per heavy atom. The van der Waals surface area contributed by atoms with E-state index in [0.29, 0.717) is 17.3 Å². The van der Waals surface area contributed by atoms with Crippen molar-refractivity contribution in [3.63, 3.8) is 0 Å². The molecule has 0 radical (unpaired) electrons. The number of hydrogen-bond donors (Lipinski definition) is 1. The van der Waals surface area contributed by atoms with Crippen LogP contribution in [0.25, 0.3) is 11.1 Å². The molecule has 10 heteroatoms. The molecule has 0 bridgehead atoms. The van der Waals surface area contributed by atoms with Gasteiger partial charge in [0.15, 0.2) is 12.4 Å². The Kier molecular flexibility index (Phi) is 6.05. The SMILES string of the molecule is CCOC(=O)c1c(C)oc2nc(COC(=O)c3cc(OC)cc(OC)c3)nc(N)c12. The number of benzene rings is 1. The van der Waals surface area contributed by atoms with Crippen LogP contribution >= 0.6 is 0 Å². The van der Waals surface area contributed by atoms with Gasteiger partial charge in [0.1, 0.15) is 28.6 Å². The fraction of sp³-hybridized carbons (Fsp3) is 0.300. The van der Waals surface area contributed by atoms with Crippen LogP contribution in [0.3, 0.4) is 0 Å². The lowest BCUT2D eigenvalue weighted by Crippen LogP contribution is -2.10. The Hall–Kier alpha value is -3.82. The number of aromatic nitrogens is 2. The summed E-state index contributed by atoms with van der Waals surface area (Å²) in [7, 11) is 2.96. The zero-order valence-electron chi connectivity index (χ0n) is 17.0. The van der Waals surface area contributed by atoms with Gasteiger partial charge in [0.25, 0.3) is 0 Å². The molecular formula is C20H21N3O7. The monoisotopic (exact) mass is 415 g/mol. The highest BCUT2D eigenvalue weighted by molar-refractivity contribution is 6.07. The maximum Gasteiger partial charge on any atom is 0.342 e. The highest BCUT2D eigenvalue weighted by Crippen LogP contribution is 2.29. The highest BCUT2D eigenvalue weighted by atomic mass is 16.5. The Bertz CT molecular complexity index is 1090. The van der Waals surface area contributed by atoms with Crippen LogP contribution in [0.2, 0.25) is 0 Å². The molecule has 3 rings (SSSR count). The second-order valence-corrected chi connectivity index (χ2v) is 6.14. The molecule has 2 heterocycles. The molecule has 0 saturated carbocycles. The molecule has 2 aromatic heterocycles. The molecule has 0 saturated heterocycles. The second-order valence-electron chi connectivity index (χ2n) is 6.14. The van der Waals surface area contributed by atoms with Crippen molar-refractivity contribution in [1.82, 2.24) is 9.97 Å². The summed E-state index contributed by atoms with van der Waals surface area (Å²) in [5.41, 5.74) is 6.53. The van der Waals surface area contributed by atoms with E-state index in [1.165, 1.54) is 26.4 Å². The summed E-state index contributed by atoms with van der Waals surface area (Å²) in [6.07, 6.45) is 0. The normalized spacial score (nSPS) is 10.7. The molecule has 10 nitrogen and oxygen atoms in total. The predicted molar refractivity (Wildman–Crippen MR) is 106 cm³/mol. The standard InChI is InChI=1S/C20H21N3O7/c1-5-28-20(25)15-10(2)30-18-16(15)17(21)22-14(23-18)9-29-19(24)11-6-12(26-3)8-13(7-11)27-4/h6-8H,5,9H2,1-4H3,(H2,21,22,23). The number of carbonyl (C=O) groups excluding carboxylic acids is 2. The molecular weight excluding hydrogens is 394 g/mol. The summed E-state index contributed by atoms with van der Waals surface area (Å²) < 4.78 is 26.1. The number of fused-ring (bicyclic) bond motifs is 1. The highest BCUT2D eigenvalue weighted by Gasteiger charge is 2.24. The van der Waals surface area contributed by atoms with Crippen LogP contribution in [0.1, 0.15) is 39.2 Å². The van der Waals surface area contributed by atoms with Gasteiger partial charge in [-0.3, -0.25) is 0 Å². The van der Waals surface area contributed by atoms with Crippen LogP contribution in [-0.2, 0) is 16.1 Å². The number of nitrogen functional groups attached to an aromatic ring is 1. The van der Waals surface area contributed by atoms with Crippen molar-refractivity contribution in [2.75, 3.05) is 26.6 Å². The molecule has 0 aliphatic heterocycles. The van der Waals surface area contributed by atoms with Gasteiger partial charge in [-0.2, -0.15) is 4.98 Å². The largest absolute Gasteiger partial charge is 0.497 e. The van der Waals surface area contributed by atoms with E-state index < -0.39 is 11.9 Å². The average molecular weight is 415 g/mol. The lowest BCUT2D eigenvalue weighted by molar-refractivity contribution is 0.0460. The summed E-state index contributed by atoms with van der Waals surface area (Å²) in [6, 6.07) is 4.67. The Morgan fingerprint density at radius 1 is 1.03 bits per heavy atom. The summed E-state index contributed by atoms with van der Waals surface area (Å²) in [5, 5.41) is 0.263. The number of nitrogens with two attached hydrogens (primary N) is 1. The molecule has 0 spiro atoms. The molecule has 0 aliphatic carbocycles. The van der Waals surface area contributed by atoms with E-state index >= 15 is 0 Å². The van der Waals surface area contributed by atoms with E-state index in [1.54, 1.807) is 19.9 Å². The van der Waals surface area contributed by atoms with E-state index in [-0.39, 0.29) is 47.1 Å². The first-order valence-corrected chi connectivity index (χ1v) is 9.00. The summed E-state index contributed by atoms with van der Waals surface area (Å²) >= 11 is 0. The fourth-order valence-corrected chi connectivity index (χ4v) is 2.84. The van der Waals surface area contributed by atoms with Gasteiger partial charge in [-0.1, -0.05) is 0 Å². The minimum atomic E-state index is -0.627. The summed E-state index contributed by atoms with van der Waals surface area (Å²) in [4.78, 5) is 32.9. The number of rotatable bonds is 7. The van der Waals surface area contributed by atoms with Gasteiger partial charge in [0.05, 0.1) is 31.8 Å². The third kappa shape index (κ3) is 4.12. The minimum Gasteiger partial charge on any atom is -0.497 e. The number of methoxy groups -OCH3 is 2. The van der Waals surface area contributed by atoms with Crippen molar-refractivity contribution >= 4 is 28.9 Å². The van der Waals surface area contributed by atoms with Gasteiger partial charge >= 0.3 is 11.9 Å². The first kappa shape index (κ1) is 20.9. The number of ether oxygens (including phenoxy) is 4. The van der Waals surface area contributed by atoms with Crippen molar-refractivity contribution in [1.29, 1.82) is 0 Å². The Labute approximate surface area is 171 Å². The number of esters is 2. The molecule has 3 aromatic rings. The van der Waals surface area contributed by atoms with Gasteiger partial charge in [-0.25, -0.2) is 14.6 Å². The van der Waals surface area contributed by atoms with Crippen LogP contribution in [0, 0.1) is 6.92 Å². The molecule has 1 aromatic carbocycles. The maximum absolute atomic E-state index is 12.4. The van der Waals surface area contributed by atoms with Gasteiger partial charge in [-0.05, 0) is 26.0 Å². The molecule has 0 atom stereocenters. The topological polar surface area (TPSA) is 136 Å². The zero-order valence-corrected chi connectivity index (χ0v) is 17.0. The fourth-order valence-electron chi connectivity index (χ4n) is 2.84. The van der Waals surface area contributed by atoms with Crippen molar-refractivity contribution in [2.24, 2.45) is 0 Å². The van der Waals surface area contributed by atoms with Crippen molar-refractivity contribution in [3.05, 3.63) is 40.9 Å². The predicted octanol–water partition coefficient (Wildman–Crippen LogP) is 2.66. The summed E-state index contributed by atoms with van der Waals surface area (Å²) in [6.45, 7) is 3.24. The van der Waals surface area contributed by atoms with Crippen LogP contribution in [0.15, 0.2) is 22.6 Å². The average Bonchev–Trinajstić information content (AvgIpc) is 3.08. The molecule has 158 valence electrons. The molecule has 2 N–H and O–H groups in total. The number of hydrogen-bond acceptors (Lipinski definition) is 10. The van der Waals surface area contributed by atoms with E-state index in [2.05, 4.69) is 9.97 Å². The van der Waals surface area contributed by atoms with Gasteiger partial charge in [0, 0.05) is 6.07 Å². The number of furan rings is 1. The zero-order chi connectivity index (χ0) is 21.8. The Balaban J connectivity index is 1.83. The second kappa shape index (κ2) is 8.68. The molecule has 0 aliphatic rings. The molecule has 0 unspecified atom stereocenters. The number of anilines is 1. The Morgan fingerprint density at radius 2 is 1.70 bits per heavy atom. The lowest BCUT2D eigenvalue weighted by Gasteiger charge is -2.09. The quantitative estimate of drug-likeness (QED) is 0.573. The van der Waals surface area contributed by atoms with Crippen LogP contribution in [-0.4, -0.2) is 42.7 Å². The third-order valence-electron chi connectivity index (χ3n) is 4.20. The van der Waals surface area contributed by atoms with E-state index in [1.807, 2.05) is 0 Å². The van der Waals surface area contributed by atoms with Gasteiger partial charge < -0.3 is 29.1 Å². The smallest absolute Gasteiger partial charge is 0.342 e. The maximum atomic E-state index is 12.4. The van der Waals surface area contributed by atoms with Crippen molar-refractivity contribution < 1.29 is 33.0 Å². The molecule has 30 heavy (non-hydrogen) atoms. The van der Waals surface area contributed by atoms with E-state index in [4.69, 9.17) is 29.1 Å². The van der Waals surface area contributed by atoms with Crippen LogP contribution in [0.4, 0.5) is 5.82 Å². The van der Waals surface area contributed by atoms with E-state index in [9.17, 15) is 9.59 Å². The van der Waals surface area contributed by atoms with Gasteiger partial charge in [-0.15, -0.1) is 0 Å². The number of nitrogens with zero attached hydrogens (tertiary/aromatic N) is 2. The summed E-state index contributed by atoms with van der Waals surface area (Å²) in [5.74, 6) is 0.137. The number of aryl methyl sites for hydroxylation is 1. The van der Waals surface area contributed by atoms with Crippen LogP contribution in [0.5, 0.6) is 11.5 Å². The minimum absolute atomic E-state index is 0.0222. The van der Waals surface area contributed by atoms with Crippen molar-refractivity contribution in [3.8, 4) is 11.5 Å². The molecule has 0 fully saturated rings. The number of carbonyl (C=O) groups is 2.